The molecular formula is C15H29N7O3. The highest BCUT2D eigenvalue weighted by Gasteiger charge is 2.26. The maximum Gasteiger partial charge on any atom is 0.318 e. The van der Waals surface area contributed by atoms with Gasteiger partial charge in [-0.15, -0.1) is 10.2 Å². The molecule has 1 aromatic heterocycles. The highest BCUT2D eigenvalue weighted by molar-refractivity contribution is 5.74. The molecular weight excluding hydrogens is 326 g/mol. The van der Waals surface area contributed by atoms with Crippen molar-refractivity contribution in [3.8, 4) is 0 Å². The summed E-state index contributed by atoms with van der Waals surface area (Å²) in [6, 6.07) is -1.31. The van der Waals surface area contributed by atoms with Crippen LogP contribution in [-0.2, 0) is 0 Å². The van der Waals surface area contributed by atoms with E-state index in [-0.39, 0.29) is 11.9 Å². The Morgan fingerprint density at radius 2 is 2.04 bits per heavy atom. The maximum atomic E-state index is 12.5. The number of aliphatic hydroxyl groups excluding tert-OH is 1. The number of amides is 2. The van der Waals surface area contributed by atoms with Gasteiger partial charge in [-0.1, -0.05) is 0 Å². The second-order valence-electron chi connectivity index (χ2n) is 6.27. The monoisotopic (exact) mass is 355 g/mol. The second-order valence-corrected chi connectivity index (χ2v) is 6.27. The minimum absolute atomic E-state index is 0.154. The van der Waals surface area contributed by atoms with Crippen molar-refractivity contribution < 1.29 is 14.3 Å². The summed E-state index contributed by atoms with van der Waals surface area (Å²) in [5, 5.41) is 23.7. The SMILES string of the molecule is C[C@@H](O)[C@H](N)c1nnc([C@H](CCCCN)NC(=O)N2CCNCC2)o1. The van der Waals surface area contributed by atoms with Gasteiger partial charge in [0.05, 0.1) is 6.10 Å². The van der Waals surface area contributed by atoms with E-state index in [0.29, 0.717) is 31.9 Å². The predicted octanol–water partition coefficient (Wildman–Crippen LogP) is -0.765. The van der Waals surface area contributed by atoms with Crippen LogP contribution < -0.4 is 22.1 Å². The molecule has 1 aliphatic heterocycles. The van der Waals surface area contributed by atoms with Crippen LogP contribution in [0.1, 0.15) is 50.1 Å². The van der Waals surface area contributed by atoms with Crippen molar-refractivity contribution in [2.45, 2.75) is 44.4 Å². The Bertz CT molecular complexity index is 531. The maximum absolute atomic E-state index is 12.5. The number of hydrogen-bond acceptors (Lipinski definition) is 8. The number of nitrogens with two attached hydrogens (primary N) is 2. The average Bonchev–Trinajstić information content (AvgIpc) is 3.10. The lowest BCUT2D eigenvalue weighted by molar-refractivity contribution is 0.148. The van der Waals surface area contributed by atoms with Crippen LogP contribution in [-0.4, -0.2) is 65.1 Å². The first-order valence-corrected chi connectivity index (χ1v) is 8.76. The van der Waals surface area contributed by atoms with E-state index in [1.54, 1.807) is 11.8 Å². The minimum Gasteiger partial charge on any atom is -0.421 e. The molecule has 10 nitrogen and oxygen atoms in total. The van der Waals surface area contributed by atoms with Crippen LogP contribution in [0.2, 0.25) is 0 Å². The number of carbonyl (C=O) groups is 1. The van der Waals surface area contributed by atoms with Crippen LogP contribution in [0.4, 0.5) is 4.79 Å². The molecule has 7 N–H and O–H groups in total. The van der Waals surface area contributed by atoms with E-state index >= 15 is 0 Å². The van der Waals surface area contributed by atoms with Crippen molar-refractivity contribution in [3.63, 3.8) is 0 Å². The number of aromatic nitrogens is 2. The Hall–Kier alpha value is -1.75. The average molecular weight is 355 g/mol. The lowest BCUT2D eigenvalue weighted by Gasteiger charge is -2.29. The first-order chi connectivity index (χ1) is 12.0. The number of rotatable bonds is 8. The summed E-state index contributed by atoms with van der Waals surface area (Å²) < 4.78 is 5.60. The fourth-order valence-electron chi connectivity index (χ4n) is 2.59. The quantitative estimate of drug-likeness (QED) is 0.381. The van der Waals surface area contributed by atoms with Crippen LogP contribution in [0.15, 0.2) is 4.42 Å². The Balaban J connectivity index is 2.05. The molecule has 0 saturated carbocycles. The van der Waals surface area contributed by atoms with Gasteiger partial charge in [0.15, 0.2) is 0 Å². The van der Waals surface area contributed by atoms with Gasteiger partial charge in [0.1, 0.15) is 12.1 Å². The lowest BCUT2D eigenvalue weighted by Crippen LogP contribution is -2.50. The van der Waals surface area contributed by atoms with Crippen molar-refractivity contribution >= 4 is 6.03 Å². The molecule has 0 spiro atoms. The topological polar surface area (TPSA) is 156 Å². The Morgan fingerprint density at radius 1 is 1.36 bits per heavy atom. The summed E-state index contributed by atoms with van der Waals surface area (Å²) >= 11 is 0. The van der Waals surface area contributed by atoms with Crippen LogP contribution in [0.25, 0.3) is 0 Å². The Morgan fingerprint density at radius 3 is 2.68 bits per heavy atom. The van der Waals surface area contributed by atoms with E-state index in [2.05, 4.69) is 20.8 Å². The first-order valence-electron chi connectivity index (χ1n) is 8.76. The van der Waals surface area contributed by atoms with Gasteiger partial charge in [-0.05, 0) is 32.7 Å². The highest BCUT2D eigenvalue weighted by atomic mass is 16.4. The highest BCUT2D eigenvalue weighted by Crippen LogP contribution is 2.21. The predicted molar refractivity (Wildman–Crippen MR) is 91.5 cm³/mol. The van der Waals surface area contributed by atoms with Crippen molar-refractivity contribution in [3.05, 3.63) is 11.8 Å². The number of nitrogens with one attached hydrogen (secondary N) is 2. The van der Waals surface area contributed by atoms with E-state index in [4.69, 9.17) is 15.9 Å². The largest absolute Gasteiger partial charge is 0.421 e. The van der Waals surface area contributed by atoms with Crippen LogP contribution in [0.3, 0.4) is 0 Å². The normalized spacial score (nSPS) is 18.6. The van der Waals surface area contributed by atoms with E-state index < -0.39 is 18.2 Å². The van der Waals surface area contributed by atoms with Gasteiger partial charge < -0.3 is 36.5 Å². The van der Waals surface area contributed by atoms with E-state index in [9.17, 15) is 9.90 Å². The van der Waals surface area contributed by atoms with Crippen LogP contribution in [0, 0.1) is 0 Å². The molecule has 25 heavy (non-hydrogen) atoms. The number of hydrogen-bond donors (Lipinski definition) is 5. The summed E-state index contributed by atoms with van der Waals surface area (Å²) in [6.07, 6.45) is 1.50. The van der Waals surface area contributed by atoms with Crippen LogP contribution in [0.5, 0.6) is 0 Å². The van der Waals surface area contributed by atoms with Gasteiger partial charge in [0.25, 0.3) is 0 Å². The number of carbonyl (C=O) groups excluding carboxylic acids is 1. The van der Waals surface area contributed by atoms with Crippen LogP contribution >= 0.6 is 0 Å². The molecule has 1 aliphatic rings. The molecule has 2 rings (SSSR count). The Kier molecular flexibility index (Phi) is 7.56. The van der Waals surface area contributed by atoms with Gasteiger partial charge >= 0.3 is 6.03 Å². The third-order valence-electron chi connectivity index (χ3n) is 4.21. The third kappa shape index (κ3) is 5.63. The van der Waals surface area contributed by atoms with E-state index in [1.165, 1.54) is 0 Å². The number of unbranched alkanes of at least 4 members (excludes halogenated alkanes) is 1. The van der Waals surface area contributed by atoms with Crippen molar-refractivity contribution in [2.75, 3.05) is 32.7 Å². The summed E-state index contributed by atoms with van der Waals surface area (Å²) in [6.45, 7) is 5.00. The molecule has 142 valence electrons. The second kappa shape index (κ2) is 9.66. The molecule has 1 fully saturated rings. The molecule has 0 bridgehead atoms. The molecule has 1 saturated heterocycles. The number of aliphatic hydroxyl groups is 1. The first kappa shape index (κ1) is 19.6. The molecule has 10 heteroatoms. The summed E-state index contributed by atoms with van der Waals surface area (Å²) in [5.74, 6) is 0.455. The summed E-state index contributed by atoms with van der Waals surface area (Å²) in [7, 11) is 0. The zero-order chi connectivity index (χ0) is 18.2. The third-order valence-corrected chi connectivity index (χ3v) is 4.21. The van der Waals surface area contributed by atoms with Crippen molar-refractivity contribution in [2.24, 2.45) is 11.5 Å². The van der Waals surface area contributed by atoms with Crippen molar-refractivity contribution in [1.29, 1.82) is 0 Å². The summed E-state index contributed by atoms with van der Waals surface area (Å²) in [4.78, 5) is 14.2. The van der Waals surface area contributed by atoms with Gasteiger partial charge in [-0.2, -0.15) is 0 Å². The van der Waals surface area contributed by atoms with E-state index in [0.717, 1.165) is 25.9 Å². The van der Waals surface area contributed by atoms with Gasteiger partial charge in [0, 0.05) is 26.2 Å². The van der Waals surface area contributed by atoms with E-state index in [1.807, 2.05) is 0 Å². The molecule has 0 unspecified atom stereocenters. The zero-order valence-electron chi connectivity index (χ0n) is 14.6. The zero-order valence-corrected chi connectivity index (χ0v) is 14.6. The smallest absolute Gasteiger partial charge is 0.318 e. The number of urea groups is 1. The van der Waals surface area contributed by atoms with Gasteiger partial charge in [0.2, 0.25) is 11.8 Å². The fourth-order valence-corrected chi connectivity index (χ4v) is 2.59. The van der Waals surface area contributed by atoms with Gasteiger partial charge in [-0.3, -0.25) is 0 Å². The van der Waals surface area contributed by atoms with Gasteiger partial charge in [-0.25, -0.2) is 4.79 Å². The number of piperazine rings is 1. The molecule has 2 heterocycles. The number of nitrogens with zero attached hydrogens (tertiary/aromatic N) is 3. The van der Waals surface area contributed by atoms with Crippen molar-refractivity contribution in [1.82, 2.24) is 25.7 Å². The summed E-state index contributed by atoms with van der Waals surface area (Å²) in [5.41, 5.74) is 11.4. The molecule has 0 aliphatic carbocycles. The molecule has 0 aromatic carbocycles. The fraction of sp³-hybridized carbons (Fsp3) is 0.800. The molecule has 2 amide bonds. The lowest BCUT2D eigenvalue weighted by atomic mass is 10.1. The minimum atomic E-state index is -0.806. The molecule has 1 aromatic rings. The molecule has 3 atom stereocenters. The molecule has 0 radical (unpaired) electrons. The standard InChI is InChI=1S/C15H29N7O3/c1-10(23)12(17)14-21-20-13(25-14)11(4-2-3-5-16)19-15(24)22-8-6-18-7-9-22/h10-12,18,23H,2-9,16-17H2,1H3,(H,19,24)/t10-,11+,12+/m1/s1. The Labute approximate surface area is 147 Å².